The van der Waals surface area contributed by atoms with E-state index in [2.05, 4.69) is 20.7 Å². The maximum atomic E-state index is 10.5. The molecule has 1 atom stereocenters. The van der Waals surface area contributed by atoms with Crippen molar-refractivity contribution < 1.29 is 14.6 Å². The number of alkyl halides is 1. The van der Waals surface area contributed by atoms with Crippen molar-refractivity contribution >= 4 is 21.9 Å². The van der Waals surface area contributed by atoms with Gasteiger partial charge in [-0.15, -0.1) is 0 Å². The van der Waals surface area contributed by atoms with Crippen molar-refractivity contribution in [1.82, 2.24) is 0 Å². The van der Waals surface area contributed by atoms with Crippen LogP contribution in [0.15, 0.2) is 0 Å². The Morgan fingerprint density at radius 2 is 2.40 bits per heavy atom. The molecule has 0 spiro atoms. The average Bonchev–Trinajstić information content (AvgIpc) is 1.99. The Morgan fingerprint density at radius 1 is 1.80 bits per heavy atom. The molecule has 0 aliphatic rings. The summed E-state index contributed by atoms with van der Waals surface area (Å²) in [5.41, 5.74) is 0. The molecule has 3 nitrogen and oxygen atoms in total. The predicted octanol–water partition coefficient (Wildman–Crippen LogP) is 0.695. The first-order chi connectivity index (χ1) is 4.70. The Kier molecular flexibility index (Phi) is 5.63. The Labute approximate surface area is 68.5 Å². The summed E-state index contributed by atoms with van der Waals surface area (Å²) in [5, 5.41) is 9.31. The highest BCUT2D eigenvalue weighted by atomic mass is 79.9. The van der Waals surface area contributed by atoms with E-state index in [-0.39, 0.29) is 12.6 Å². The lowest BCUT2D eigenvalue weighted by atomic mass is 10.4. The molecule has 0 radical (unpaired) electrons. The van der Waals surface area contributed by atoms with Gasteiger partial charge < -0.3 is 9.84 Å². The molecule has 1 N–H and O–H groups in total. The average molecular weight is 211 g/mol. The molecule has 0 aliphatic carbocycles. The molecule has 10 heavy (non-hydrogen) atoms. The smallest absolute Gasteiger partial charge is 0.305 e. The lowest BCUT2D eigenvalue weighted by molar-refractivity contribution is -0.145. The fraction of sp³-hybridized carbons (Fsp3) is 0.833. The highest BCUT2D eigenvalue weighted by Gasteiger charge is 2.04. The number of aliphatic hydroxyl groups excluding tert-OH is 1. The van der Waals surface area contributed by atoms with Gasteiger partial charge in [-0.1, -0.05) is 22.9 Å². The van der Waals surface area contributed by atoms with Crippen LogP contribution < -0.4 is 0 Å². The Morgan fingerprint density at radius 3 is 2.80 bits per heavy atom. The molecule has 0 aromatic carbocycles. The van der Waals surface area contributed by atoms with Crippen LogP contribution in [-0.4, -0.2) is 29.1 Å². The summed E-state index contributed by atoms with van der Waals surface area (Å²) in [6.07, 6.45) is -0.231. The van der Waals surface area contributed by atoms with Crippen LogP contribution in [0.5, 0.6) is 0 Å². The van der Waals surface area contributed by atoms with E-state index in [1.54, 1.807) is 6.92 Å². The molecule has 4 heteroatoms. The van der Waals surface area contributed by atoms with Crippen molar-refractivity contribution in [3.63, 3.8) is 0 Å². The first-order valence-electron chi connectivity index (χ1n) is 3.10. The standard InChI is InChI=1S/C6H11BrO3/c1-2-6(9)10-4-5(8)3-7/h5,8H,2-4H2,1H3/t5-/m0/s1. The van der Waals surface area contributed by atoms with Gasteiger partial charge in [0.15, 0.2) is 0 Å². The molecule has 0 heterocycles. The molecule has 0 aromatic heterocycles. The third kappa shape index (κ3) is 4.76. The molecule has 60 valence electrons. The van der Waals surface area contributed by atoms with E-state index < -0.39 is 6.10 Å². The van der Waals surface area contributed by atoms with Crippen LogP contribution >= 0.6 is 15.9 Å². The summed E-state index contributed by atoms with van der Waals surface area (Å²) in [4.78, 5) is 10.5. The second kappa shape index (κ2) is 5.68. The minimum Gasteiger partial charge on any atom is -0.463 e. The van der Waals surface area contributed by atoms with Crippen LogP contribution in [0.25, 0.3) is 0 Å². The number of halogens is 1. The number of aliphatic hydroxyl groups is 1. The second-order valence-electron chi connectivity index (χ2n) is 1.84. The van der Waals surface area contributed by atoms with E-state index in [1.165, 1.54) is 0 Å². The molecule has 0 fully saturated rings. The molecular formula is C6H11BrO3. The number of rotatable bonds is 4. The number of ether oxygens (including phenoxy) is 1. The van der Waals surface area contributed by atoms with E-state index in [0.29, 0.717) is 11.8 Å². The third-order valence-corrected chi connectivity index (χ3v) is 1.65. The maximum absolute atomic E-state index is 10.5. The van der Waals surface area contributed by atoms with Gasteiger partial charge in [-0.2, -0.15) is 0 Å². The summed E-state index contributed by atoms with van der Waals surface area (Å²) in [7, 11) is 0. The molecule has 0 aromatic rings. The lowest BCUT2D eigenvalue weighted by Crippen LogP contribution is -2.19. The van der Waals surface area contributed by atoms with Crippen LogP contribution in [-0.2, 0) is 9.53 Å². The molecule has 0 bridgehead atoms. The van der Waals surface area contributed by atoms with Gasteiger partial charge in [0.25, 0.3) is 0 Å². The molecular weight excluding hydrogens is 200 g/mol. The summed E-state index contributed by atoms with van der Waals surface area (Å²) >= 11 is 3.05. The minimum absolute atomic E-state index is 0.0813. The van der Waals surface area contributed by atoms with Crippen LogP contribution in [0.3, 0.4) is 0 Å². The van der Waals surface area contributed by atoms with Gasteiger partial charge in [0.2, 0.25) is 0 Å². The number of carbonyl (C=O) groups is 1. The van der Waals surface area contributed by atoms with Gasteiger partial charge in [-0.05, 0) is 0 Å². The van der Waals surface area contributed by atoms with Crippen LogP contribution in [0.4, 0.5) is 0 Å². The summed E-state index contributed by atoms with van der Waals surface area (Å²) < 4.78 is 4.62. The van der Waals surface area contributed by atoms with Gasteiger partial charge in [-0.3, -0.25) is 4.79 Å². The molecule has 0 unspecified atom stereocenters. The molecule has 0 saturated carbocycles. The van der Waals surface area contributed by atoms with Gasteiger partial charge in [0, 0.05) is 11.8 Å². The van der Waals surface area contributed by atoms with E-state index >= 15 is 0 Å². The highest BCUT2D eigenvalue weighted by Crippen LogP contribution is 1.92. The quantitative estimate of drug-likeness (QED) is 0.549. The maximum Gasteiger partial charge on any atom is 0.305 e. The van der Waals surface area contributed by atoms with E-state index in [4.69, 9.17) is 5.11 Å². The van der Waals surface area contributed by atoms with Crippen molar-refractivity contribution in [3.8, 4) is 0 Å². The van der Waals surface area contributed by atoms with Gasteiger partial charge >= 0.3 is 5.97 Å². The largest absolute Gasteiger partial charge is 0.463 e. The molecule has 0 saturated heterocycles. The molecule has 0 rings (SSSR count). The van der Waals surface area contributed by atoms with Crippen LogP contribution in [0.1, 0.15) is 13.3 Å². The van der Waals surface area contributed by atoms with Gasteiger partial charge in [0.05, 0.1) is 6.10 Å². The fourth-order valence-electron chi connectivity index (χ4n) is 0.336. The van der Waals surface area contributed by atoms with Crippen molar-refractivity contribution in [2.75, 3.05) is 11.9 Å². The molecule has 0 aliphatic heterocycles. The van der Waals surface area contributed by atoms with Crippen LogP contribution in [0, 0.1) is 0 Å². The topological polar surface area (TPSA) is 46.5 Å². The summed E-state index contributed by atoms with van der Waals surface area (Å²) in [6, 6.07) is 0. The van der Waals surface area contributed by atoms with Crippen LogP contribution in [0.2, 0.25) is 0 Å². The van der Waals surface area contributed by atoms with E-state index in [1.807, 2.05) is 0 Å². The van der Waals surface area contributed by atoms with Crippen molar-refractivity contribution in [1.29, 1.82) is 0 Å². The van der Waals surface area contributed by atoms with Gasteiger partial charge in [0.1, 0.15) is 6.61 Å². The molecule has 0 amide bonds. The lowest BCUT2D eigenvalue weighted by Gasteiger charge is -2.06. The third-order valence-electron chi connectivity index (χ3n) is 0.903. The normalized spacial score (nSPS) is 12.7. The number of hydrogen-bond acceptors (Lipinski definition) is 3. The van der Waals surface area contributed by atoms with Crippen molar-refractivity contribution in [2.24, 2.45) is 0 Å². The second-order valence-corrected chi connectivity index (χ2v) is 2.49. The summed E-state index contributed by atoms with van der Waals surface area (Å²) in [5.74, 6) is -0.278. The minimum atomic E-state index is -0.588. The zero-order chi connectivity index (χ0) is 7.98. The van der Waals surface area contributed by atoms with Gasteiger partial charge in [-0.25, -0.2) is 0 Å². The Hall–Kier alpha value is -0.0900. The van der Waals surface area contributed by atoms with E-state index in [9.17, 15) is 4.79 Å². The predicted molar refractivity (Wildman–Crippen MR) is 41.1 cm³/mol. The SMILES string of the molecule is CCC(=O)OC[C@@H](O)CBr. The van der Waals surface area contributed by atoms with Crippen molar-refractivity contribution in [2.45, 2.75) is 19.4 Å². The zero-order valence-corrected chi connectivity index (χ0v) is 7.43. The highest BCUT2D eigenvalue weighted by molar-refractivity contribution is 9.09. The number of carbonyl (C=O) groups excluding carboxylic acids is 1. The number of esters is 1. The Balaban J connectivity index is 3.26. The first kappa shape index (κ1) is 9.91. The monoisotopic (exact) mass is 210 g/mol. The zero-order valence-electron chi connectivity index (χ0n) is 5.84. The summed E-state index contributed by atoms with van der Waals surface area (Å²) in [6.45, 7) is 1.79. The van der Waals surface area contributed by atoms with Crippen molar-refractivity contribution in [3.05, 3.63) is 0 Å². The fourth-order valence-corrected chi connectivity index (χ4v) is 0.523. The van der Waals surface area contributed by atoms with E-state index in [0.717, 1.165) is 0 Å². The number of hydrogen-bond donors (Lipinski definition) is 1. The Bertz CT molecular complexity index is 105. The first-order valence-corrected chi connectivity index (χ1v) is 4.22.